The maximum absolute atomic E-state index is 11.9. The van der Waals surface area contributed by atoms with Gasteiger partial charge in [-0.15, -0.1) is 0 Å². The Labute approximate surface area is 57.6 Å². The van der Waals surface area contributed by atoms with Crippen molar-refractivity contribution in [3.8, 4) is 0 Å². The van der Waals surface area contributed by atoms with Gasteiger partial charge >= 0.3 is 6.18 Å². The Morgan fingerprint density at radius 2 is 2.10 bits per heavy atom. The summed E-state index contributed by atoms with van der Waals surface area (Å²) in [4.78, 5) is 0. The normalized spacial score (nSPS) is 28.5. The van der Waals surface area contributed by atoms with Gasteiger partial charge in [-0.2, -0.15) is 13.2 Å². The van der Waals surface area contributed by atoms with Crippen LogP contribution in [0, 0.1) is 6.42 Å². The van der Waals surface area contributed by atoms with E-state index in [9.17, 15) is 13.2 Å². The van der Waals surface area contributed by atoms with Crippen LogP contribution in [-0.2, 0) is 0 Å². The summed E-state index contributed by atoms with van der Waals surface area (Å²) in [5, 5.41) is 2.40. The first-order chi connectivity index (χ1) is 4.61. The minimum absolute atomic E-state index is 0.115. The first kappa shape index (κ1) is 7.85. The molecule has 59 valence electrons. The summed E-state index contributed by atoms with van der Waals surface area (Å²) in [6.07, 6.45) is -1.54. The molecule has 1 aliphatic rings. The molecule has 0 aromatic rings. The molecule has 1 atom stereocenters. The van der Waals surface area contributed by atoms with E-state index in [2.05, 4.69) is 5.32 Å². The van der Waals surface area contributed by atoms with Crippen LogP contribution in [0.5, 0.6) is 0 Å². The predicted octanol–water partition coefficient (Wildman–Crippen LogP) is 1.50. The first-order valence-corrected chi connectivity index (χ1v) is 3.22. The number of hydrogen-bond donors (Lipinski definition) is 1. The third-order valence-electron chi connectivity index (χ3n) is 1.54. The van der Waals surface area contributed by atoms with Gasteiger partial charge in [-0.25, -0.2) is 0 Å². The number of rotatable bonds is 0. The van der Waals surface area contributed by atoms with Gasteiger partial charge in [-0.05, 0) is 25.8 Å². The summed E-state index contributed by atoms with van der Waals surface area (Å²) >= 11 is 0. The highest BCUT2D eigenvalue weighted by Crippen LogP contribution is 2.25. The van der Waals surface area contributed by atoms with E-state index in [1.807, 2.05) is 0 Å². The van der Waals surface area contributed by atoms with Gasteiger partial charge in [0.15, 0.2) is 0 Å². The minimum atomic E-state index is -4.07. The fraction of sp³-hybridized carbons (Fsp3) is 0.833. The van der Waals surface area contributed by atoms with Crippen molar-refractivity contribution in [1.82, 2.24) is 5.32 Å². The van der Waals surface area contributed by atoms with E-state index in [1.54, 1.807) is 6.42 Å². The molecule has 1 rings (SSSR count). The second-order valence-electron chi connectivity index (χ2n) is 2.36. The molecule has 1 radical (unpaired) electrons. The largest absolute Gasteiger partial charge is 0.403 e. The average molecular weight is 152 g/mol. The molecular formula is C6H9F3N. The summed E-state index contributed by atoms with van der Waals surface area (Å²) in [5.74, 6) is 0. The van der Waals surface area contributed by atoms with Crippen molar-refractivity contribution in [2.45, 2.75) is 25.1 Å². The Balaban J connectivity index is 2.39. The maximum atomic E-state index is 11.9. The van der Waals surface area contributed by atoms with Crippen LogP contribution in [0.3, 0.4) is 0 Å². The van der Waals surface area contributed by atoms with Gasteiger partial charge in [-0.3, -0.25) is 0 Å². The molecule has 1 N–H and O–H groups in total. The van der Waals surface area contributed by atoms with Crippen molar-refractivity contribution in [2.24, 2.45) is 0 Å². The quantitative estimate of drug-likeness (QED) is 0.554. The van der Waals surface area contributed by atoms with Crippen molar-refractivity contribution in [1.29, 1.82) is 0 Å². The number of alkyl halides is 3. The lowest BCUT2D eigenvalue weighted by molar-refractivity contribution is -0.157. The van der Waals surface area contributed by atoms with Crippen molar-refractivity contribution in [2.75, 3.05) is 6.54 Å². The third kappa shape index (κ3) is 1.87. The van der Waals surface area contributed by atoms with E-state index >= 15 is 0 Å². The van der Waals surface area contributed by atoms with Gasteiger partial charge < -0.3 is 5.32 Å². The molecule has 1 unspecified atom stereocenters. The summed E-state index contributed by atoms with van der Waals surface area (Å²) in [5.41, 5.74) is 0. The number of hydrogen-bond acceptors (Lipinski definition) is 1. The van der Waals surface area contributed by atoms with Crippen molar-refractivity contribution < 1.29 is 13.2 Å². The highest BCUT2D eigenvalue weighted by molar-refractivity contribution is 4.86. The SMILES string of the molecule is FC(F)(F)C1C[CH]CCN1. The molecule has 1 saturated heterocycles. The van der Waals surface area contributed by atoms with Gasteiger partial charge in [0.05, 0.1) is 0 Å². The highest BCUT2D eigenvalue weighted by atomic mass is 19.4. The Morgan fingerprint density at radius 3 is 2.40 bits per heavy atom. The molecule has 0 saturated carbocycles. The topological polar surface area (TPSA) is 12.0 Å². The number of halogens is 3. The van der Waals surface area contributed by atoms with E-state index < -0.39 is 12.2 Å². The molecule has 1 heterocycles. The van der Waals surface area contributed by atoms with Crippen molar-refractivity contribution in [3.63, 3.8) is 0 Å². The Kier molecular flexibility index (Phi) is 2.18. The zero-order valence-corrected chi connectivity index (χ0v) is 5.41. The van der Waals surface area contributed by atoms with E-state index in [0.717, 1.165) is 6.42 Å². The van der Waals surface area contributed by atoms with Crippen LogP contribution in [0.2, 0.25) is 0 Å². The van der Waals surface area contributed by atoms with Crippen molar-refractivity contribution >= 4 is 0 Å². The summed E-state index contributed by atoms with van der Waals surface area (Å²) in [6, 6.07) is -1.30. The van der Waals surface area contributed by atoms with Crippen LogP contribution >= 0.6 is 0 Å². The van der Waals surface area contributed by atoms with Gasteiger partial charge in [0.2, 0.25) is 0 Å². The van der Waals surface area contributed by atoms with Gasteiger partial charge in [0, 0.05) is 0 Å². The number of nitrogens with one attached hydrogen (secondary N) is 1. The second-order valence-corrected chi connectivity index (χ2v) is 2.36. The van der Waals surface area contributed by atoms with Crippen LogP contribution in [0.25, 0.3) is 0 Å². The predicted molar refractivity (Wildman–Crippen MR) is 31.4 cm³/mol. The Hall–Kier alpha value is -0.250. The molecular weight excluding hydrogens is 143 g/mol. The minimum Gasteiger partial charge on any atom is -0.306 e. The fourth-order valence-electron chi connectivity index (χ4n) is 0.977. The van der Waals surface area contributed by atoms with Crippen LogP contribution in [0.15, 0.2) is 0 Å². The second kappa shape index (κ2) is 2.78. The molecule has 0 aliphatic carbocycles. The molecule has 0 amide bonds. The van der Waals surface area contributed by atoms with E-state index in [4.69, 9.17) is 0 Å². The molecule has 0 spiro atoms. The van der Waals surface area contributed by atoms with E-state index in [0.29, 0.717) is 6.54 Å². The van der Waals surface area contributed by atoms with Crippen LogP contribution in [-0.4, -0.2) is 18.8 Å². The summed E-state index contributed by atoms with van der Waals surface area (Å²) < 4.78 is 35.6. The summed E-state index contributed by atoms with van der Waals surface area (Å²) in [6.45, 7) is 0.449. The lowest BCUT2D eigenvalue weighted by atomic mass is 10.1. The maximum Gasteiger partial charge on any atom is 0.403 e. The first-order valence-electron chi connectivity index (χ1n) is 3.22. The lowest BCUT2D eigenvalue weighted by Gasteiger charge is -2.25. The zero-order chi connectivity index (χ0) is 7.61. The van der Waals surface area contributed by atoms with Crippen LogP contribution in [0.4, 0.5) is 13.2 Å². The molecule has 0 aromatic heterocycles. The lowest BCUT2D eigenvalue weighted by Crippen LogP contribution is -2.45. The van der Waals surface area contributed by atoms with Gasteiger partial charge in [0.25, 0.3) is 0 Å². The third-order valence-corrected chi connectivity index (χ3v) is 1.54. The van der Waals surface area contributed by atoms with E-state index in [1.165, 1.54) is 0 Å². The molecule has 1 aliphatic heterocycles. The van der Waals surface area contributed by atoms with Crippen molar-refractivity contribution in [3.05, 3.63) is 6.42 Å². The monoisotopic (exact) mass is 152 g/mol. The molecule has 1 fully saturated rings. The standard InChI is InChI=1S/C6H9F3N/c7-6(8,9)5-3-1-2-4-10-5/h1,5,10H,2-4H2. The Morgan fingerprint density at radius 1 is 1.40 bits per heavy atom. The molecule has 0 aromatic carbocycles. The number of piperidine rings is 1. The zero-order valence-electron chi connectivity index (χ0n) is 5.41. The highest BCUT2D eigenvalue weighted by Gasteiger charge is 2.39. The fourth-order valence-corrected chi connectivity index (χ4v) is 0.977. The molecule has 0 bridgehead atoms. The average Bonchev–Trinajstić information content (AvgIpc) is 1.88. The van der Waals surface area contributed by atoms with Gasteiger partial charge in [0.1, 0.15) is 6.04 Å². The van der Waals surface area contributed by atoms with Gasteiger partial charge in [-0.1, -0.05) is 0 Å². The molecule has 1 nitrogen and oxygen atoms in total. The Bertz CT molecular complexity index is 104. The van der Waals surface area contributed by atoms with Crippen LogP contribution in [0.1, 0.15) is 12.8 Å². The molecule has 10 heavy (non-hydrogen) atoms. The van der Waals surface area contributed by atoms with E-state index in [-0.39, 0.29) is 6.42 Å². The smallest absolute Gasteiger partial charge is 0.306 e. The van der Waals surface area contributed by atoms with Crippen LogP contribution < -0.4 is 5.32 Å². The summed E-state index contributed by atoms with van der Waals surface area (Å²) in [7, 11) is 0. The molecule has 4 heteroatoms.